The molecule has 0 saturated carbocycles. The smallest absolute Gasteiger partial charge is 0.409 e. The van der Waals surface area contributed by atoms with Crippen LogP contribution in [-0.2, 0) is 4.74 Å². The fourth-order valence-corrected chi connectivity index (χ4v) is 3.09. The highest BCUT2D eigenvalue weighted by atomic mass is 127. The zero-order valence-electron chi connectivity index (χ0n) is 17.8. The van der Waals surface area contributed by atoms with Crippen molar-refractivity contribution in [2.75, 3.05) is 39.4 Å². The second kappa shape index (κ2) is 14.3. The molecule has 164 valence electrons. The van der Waals surface area contributed by atoms with Crippen LogP contribution in [0.5, 0.6) is 5.75 Å². The molecule has 0 bridgehead atoms. The molecule has 1 heterocycles. The van der Waals surface area contributed by atoms with Gasteiger partial charge in [-0.15, -0.1) is 24.0 Å². The summed E-state index contributed by atoms with van der Waals surface area (Å²) < 4.78 is 10.9. The molecule has 1 aliphatic rings. The van der Waals surface area contributed by atoms with E-state index in [1.165, 1.54) is 0 Å². The van der Waals surface area contributed by atoms with E-state index in [2.05, 4.69) is 22.5 Å². The fraction of sp³-hybridized carbons (Fsp3) is 0.619. The van der Waals surface area contributed by atoms with E-state index in [-0.39, 0.29) is 30.1 Å². The second-order valence-electron chi connectivity index (χ2n) is 6.83. The molecular weight excluding hydrogens is 483 g/mol. The number of guanidine groups is 1. The number of para-hydroxylation sites is 1. The molecule has 0 atom stereocenters. The summed E-state index contributed by atoms with van der Waals surface area (Å²) in [7, 11) is 0. The summed E-state index contributed by atoms with van der Waals surface area (Å²) in [5, 5.41) is 6.78. The van der Waals surface area contributed by atoms with E-state index in [1.807, 2.05) is 38.1 Å². The lowest BCUT2D eigenvalue weighted by Crippen LogP contribution is -2.49. The lowest BCUT2D eigenvalue weighted by molar-refractivity contribution is 0.0963. The third kappa shape index (κ3) is 9.10. The minimum atomic E-state index is -0.213. The predicted octanol–water partition coefficient (Wildman–Crippen LogP) is 3.56. The summed E-state index contributed by atoms with van der Waals surface area (Å²) in [5.74, 6) is 1.76. The van der Waals surface area contributed by atoms with Crippen LogP contribution in [0.1, 0.15) is 38.7 Å². The van der Waals surface area contributed by atoms with Gasteiger partial charge in [-0.2, -0.15) is 0 Å². The van der Waals surface area contributed by atoms with Gasteiger partial charge in [0.05, 0.1) is 13.2 Å². The number of hydrogen-bond donors (Lipinski definition) is 2. The number of hydrogen-bond acceptors (Lipinski definition) is 4. The van der Waals surface area contributed by atoms with Gasteiger partial charge in [-0.05, 0) is 45.2 Å². The Kier molecular flexibility index (Phi) is 12.5. The van der Waals surface area contributed by atoms with Gasteiger partial charge in [-0.25, -0.2) is 4.79 Å². The van der Waals surface area contributed by atoms with E-state index in [0.717, 1.165) is 43.1 Å². The van der Waals surface area contributed by atoms with Gasteiger partial charge in [0.1, 0.15) is 5.75 Å². The first-order valence-corrected chi connectivity index (χ1v) is 10.3. The lowest BCUT2D eigenvalue weighted by atomic mass is 10.1. The Balaban J connectivity index is 0.00000420. The Morgan fingerprint density at radius 2 is 1.97 bits per heavy atom. The molecule has 2 rings (SSSR count). The van der Waals surface area contributed by atoms with Crippen LogP contribution in [0.4, 0.5) is 4.79 Å². The first kappa shape index (κ1) is 25.3. The number of benzene rings is 1. The van der Waals surface area contributed by atoms with Gasteiger partial charge in [-0.1, -0.05) is 18.2 Å². The highest BCUT2D eigenvalue weighted by molar-refractivity contribution is 14.0. The maximum atomic E-state index is 11.8. The van der Waals surface area contributed by atoms with Crippen molar-refractivity contribution in [2.45, 2.75) is 46.1 Å². The van der Waals surface area contributed by atoms with Crippen molar-refractivity contribution in [3.8, 4) is 5.75 Å². The summed E-state index contributed by atoms with van der Waals surface area (Å²) in [4.78, 5) is 18.2. The summed E-state index contributed by atoms with van der Waals surface area (Å²) in [6, 6.07) is 8.35. The number of amides is 1. The summed E-state index contributed by atoms with van der Waals surface area (Å²) >= 11 is 0. The Hall–Kier alpha value is -1.71. The number of likely N-dealkylation sites (tertiary alicyclic amines) is 1. The van der Waals surface area contributed by atoms with E-state index in [1.54, 1.807) is 4.90 Å². The largest absolute Gasteiger partial charge is 0.493 e. The molecule has 0 spiro atoms. The number of carbonyl (C=O) groups is 1. The van der Waals surface area contributed by atoms with Crippen LogP contribution >= 0.6 is 24.0 Å². The van der Waals surface area contributed by atoms with Crippen molar-refractivity contribution in [2.24, 2.45) is 4.99 Å². The molecule has 1 aromatic carbocycles. The van der Waals surface area contributed by atoms with Crippen molar-refractivity contribution in [3.63, 3.8) is 0 Å². The Morgan fingerprint density at radius 3 is 2.62 bits per heavy atom. The van der Waals surface area contributed by atoms with E-state index >= 15 is 0 Å². The van der Waals surface area contributed by atoms with Crippen molar-refractivity contribution in [1.29, 1.82) is 0 Å². The van der Waals surface area contributed by atoms with Crippen LogP contribution in [0.15, 0.2) is 29.3 Å². The third-order valence-corrected chi connectivity index (χ3v) is 4.63. The van der Waals surface area contributed by atoms with E-state index in [0.29, 0.717) is 38.9 Å². The van der Waals surface area contributed by atoms with Gasteiger partial charge in [0.2, 0.25) is 0 Å². The topological polar surface area (TPSA) is 75.2 Å². The van der Waals surface area contributed by atoms with Gasteiger partial charge in [0.15, 0.2) is 5.96 Å². The molecule has 0 aliphatic carbocycles. The Morgan fingerprint density at radius 1 is 1.24 bits per heavy atom. The standard InChI is InChI=1S/C21H34N4O3.HI/c1-4-22-20(23-13-8-16-28-19-10-7-6-9-17(19)3)24-18-11-14-25(15-12-18)21(26)27-5-2;/h6-7,9-10,18H,4-5,8,11-16H2,1-3H3,(H2,22,23,24);1H. The van der Waals surface area contributed by atoms with E-state index in [9.17, 15) is 4.79 Å². The highest BCUT2D eigenvalue weighted by Crippen LogP contribution is 2.16. The average Bonchev–Trinajstić information content (AvgIpc) is 2.70. The molecule has 0 radical (unpaired) electrons. The van der Waals surface area contributed by atoms with E-state index < -0.39 is 0 Å². The molecule has 8 heteroatoms. The molecule has 29 heavy (non-hydrogen) atoms. The number of nitrogens with zero attached hydrogens (tertiary/aromatic N) is 2. The molecule has 1 saturated heterocycles. The number of aliphatic imine (C=N–C) groups is 1. The second-order valence-corrected chi connectivity index (χ2v) is 6.83. The average molecular weight is 518 g/mol. The van der Waals surface area contributed by atoms with Crippen LogP contribution in [0, 0.1) is 6.92 Å². The van der Waals surface area contributed by atoms with Crippen LogP contribution in [0.2, 0.25) is 0 Å². The number of piperidine rings is 1. The van der Waals surface area contributed by atoms with Crippen molar-refractivity contribution >= 4 is 36.0 Å². The van der Waals surface area contributed by atoms with Crippen molar-refractivity contribution < 1.29 is 14.3 Å². The van der Waals surface area contributed by atoms with Crippen LogP contribution in [0.3, 0.4) is 0 Å². The quantitative estimate of drug-likeness (QED) is 0.238. The minimum Gasteiger partial charge on any atom is -0.493 e. The Bertz CT molecular complexity index is 634. The summed E-state index contributed by atoms with van der Waals surface area (Å²) in [6.07, 6.45) is 2.42. The SMILES string of the molecule is CCNC(=NCCCOc1ccccc1C)NC1CCN(C(=O)OCC)CC1.I. The summed E-state index contributed by atoms with van der Waals surface area (Å²) in [5.41, 5.74) is 1.15. The van der Waals surface area contributed by atoms with Gasteiger partial charge in [-0.3, -0.25) is 4.99 Å². The van der Waals surface area contributed by atoms with Crippen molar-refractivity contribution in [1.82, 2.24) is 15.5 Å². The van der Waals surface area contributed by atoms with Gasteiger partial charge in [0, 0.05) is 38.6 Å². The molecular formula is C21H35IN4O3. The fourth-order valence-electron chi connectivity index (χ4n) is 3.09. The molecule has 1 aromatic rings. The number of ether oxygens (including phenoxy) is 2. The molecule has 1 amide bonds. The predicted molar refractivity (Wildman–Crippen MR) is 127 cm³/mol. The molecule has 1 aliphatic heterocycles. The van der Waals surface area contributed by atoms with Gasteiger partial charge >= 0.3 is 6.09 Å². The zero-order valence-corrected chi connectivity index (χ0v) is 20.1. The summed E-state index contributed by atoms with van der Waals surface area (Å²) in [6.45, 7) is 9.93. The van der Waals surface area contributed by atoms with Crippen LogP contribution in [-0.4, -0.2) is 62.4 Å². The first-order chi connectivity index (χ1) is 13.6. The lowest BCUT2D eigenvalue weighted by Gasteiger charge is -2.32. The number of nitrogens with one attached hydrogen (secondary N) is 2. The van der Waals surface area contributed by atoms with E-state index in [4.69, 9.17) is 9.47 Å². The van der Waals surface area contributed by atoms with Crippen LogP contribution < -0.4 is 15.4 Å². The molecule has 7 nitrogen and oxygen atoms in total. The maximum absolute atomic E-state index is 11.8. The number of rotatable bonds is 8. The van der Waals surface area contributed by atoms with Crippen molar-refractivity contribution in [3.05, 3.63) is 29.8 Å². The maximum Gasteiger partial charge on any atom is 0.409 e. The molecule has 1 fully saturated rings. The molecule has 0 aromatic heterocycles. The number of halogens is 1. The Labute approximate surface area is 191 Å². The number of carbonyl (C=O) groups excluding carboxylic acids is 1. The molecule has 0 unspecified atom stereocenters. The van der Waals surface area contributed by atoms with Crippen LogP contribution in [0.25, 0.3) is 0 Å². The molecule has 2 N–H and O–H groups in total. The normalized spacial score (nSPS) is 14.7. The highest BCUT2D eigenvalue weighted by Gasteiger charge is 2.23. The first-order valence-electron chi connectivity index (χ1n) is 10.3. The van der Waals surface area contributed by atoms with Gasteiger partial charge < -0.3 is 25.0 Å². The third-order valence-electron chi connectivity index (χ3n) is 4.63. The number of aryl methyl sites for hydroxylation is 1. The minimum absolute atomic E-state index is 0. The van der Waals surface area contributed by atoms with Gasteiger partial charge in [0.25, 0.3) is 0 Å². The monoisotopic (exact) mass is 518 g/mol. The zero-order chi connectivity index (χ0) is 20.2.